The summed E-state index contributed by atoms with van der Waals surface area (Å²) in [7, 11) is 0. The van der Waals surface area contributed by atoms with Crippen LogP contribution in [0.25, 0.3) is 0 Å². The second-order valence-electron chi connectivity index (χ2n) is 5.25. The Balaban J connectivity index is 1.55. The number of rotatable bonds is 6. The van der Waals surface area contributed by atoms with Crippen LogP contribution < -0.4 is 0 Å². The number of nitrogens with zero attached hydrogens (tertiary/aromatic N) is 3. The number of carbonyl (C=O) groups is 1. The molecule has 122 valence electrons. The summed E-state index contributed by atoms with van der Waals surface area (Å²) in [5.74, 6) is 2.03. The fraction of sp³-hybridized carbons (Fsp3) is 0.438. The van der Waals surface area contributed by atoms with E-state index < -0.39 is 0 Å². The molecule has 3 rings (SSSR count). The molecule has 23 heavy (non-hydrogen) atoms. The topological polar surface area (TPSA) is 46.1 Å². The van der Waals surface area contributed by atoms with E-state index in [2.05, 4.69) is 17.1 Å². The molecule has 0 unspecified atom stereocenters. The molecule has 1 fully saturated rings. The highest BCUT2D eigenvalue weighted by Crippen LogP contribution is 2.30. The van der Waals surface area contributed by atoms with Crippen molar-refractivity contribution in [2.75, 3.05) is 18.8 Å². The van der Waals surface area contributed by atoms with Gasteiger partial charge in [-0.3, -0.25) is 4.79 Å². The molecule has 1 aromatic carbocycles. The quantitative estimate of drug-likeness (QED) is 0.719. The van der Waals surface area contributed by atoms with E-state index in [4.69, 9.17) is 0 Å². The summed E-state index contributed by atoms with van der Waals surface area (Å²) in [6.45, 7) is 3.90. The first-order chi connectivity index (χ1) is 11.3. The van der Waals surface area contributed by atoms with Crippen molar-refractivity contribution in [3.05, 3.63) is 35.4 Å². The molecule has 1 aliphatic rings. The average Bonchev–Trinajstić information content (AvgIpc) is 3.25. The van der Waals surface area contributed by atoms with Crippen molar-refractivity contribution in [3.8, 4) is 0 Å². The van der Waals surface area contributed by atoms with Crippen molar-refractivity contribution in [1.82, 2.24) is 15.1 Å². The van der Waals surface area contributed by atoms with Crippen molar-refractivity contribution < 1.29 is 4.79 Å². The fourth-order valence-corrected chi connectivity index (χ4v) is 5.30. The van der Waals surface area contributed by atoms with Crippen molar-refractivity contribution in [3.63, 3.8) is 0 Å². The maximum atomic E-state index is 12.3. The molecule has 1 saturated heterocycles. The Morgan fingerprint density at radius 1 is 1.13 bits per heavy atom. The van der Waals surface area contributed by atoms with Gasteiger partial charge in [-0.25, -0.2) is 0 Å². The first-order valence-corrected chi connectivity index (χ1v) is 10.5. The fourth-order valence-electron chi connectivity index (χ4n) is 2.43. The van der Waals surface area contributed by atoms with E-state index in [0.29, 0.717) is 0 Å². The van der Waals surface area contributed by atoms with Gasteiger partial charge in [-0.2, -0.15) is 0 Å². The van der Waals surface area contributed by atoms with E-state index >= 15 is 0 Å². The third kappa shape index (κ3) is 4.49. The molecule has 1 aromatic heterocycles. The highest BCUT2D eigenvalue weighted by atomic mass is 32.2. The zero-order chi connectivity index (χ0) is 16.1. The number of hydrogen-bond donors (Lipinski definition) is 0. The summed E-state index contributed by atoms with van der Waals surface area (Å²) in [5, 5.41) is 8.36. The SMILES string of the molecule is CCSc1nnc(SCc2ccc(C(=O)N3CCCC3)cc2)s1. The highest BCUT2D eigenvalue weighted by molar-refractivity contribution is 8.02. The first-order valence-electron chi connectivity index (χ1n) is 7.73. The smallest absolute Gasteiger partial charge is 0.253 e. The molecule has 0 radical (unpaired) electrons. The molecule has 0 atom stereocenters. The van der Waals surface area contributed by atoms with Gasteiger partial charge in [-0.1, -0.05) is 53.9 Å². The lowest BCUT2D eigenvalue weighted by molar-refractivity contribution is 0.0793. The van der Waals surface area contributed by atoms with Gasteiger partial charge >= 0.3 is 0 Å². The molecule has 0 aliphatic carbocycles. The molecule has 7 heteroatoms. The molecule has 2 heterocycles. The summed E-state index contributed by atoms with van der Waals surface area (Å²) in [4.78, 5) is 14.2. The Hall–Kier alpha value is -1.05. The van der Waals surface area contributed by atoms with E-state index in [1.807, 2.05) is 29.2 Å². The van der Waals surface area contributed by atoms with E-state index in [-0.39, 0.29) is 5.91 Å². The van der Waals surface area contributed by atoms with Crippen LogP contribution in [-0.2, 0) is 5.75 Å². The van der Waals surface area contributed by atoms with Crippen LogP contribution in [0.2, 0.25) is 0 Å². The number of thioether (sulfide) groups is 2. The monoisotopic (exact) mass is 365 g/mol. The zero-order valence-electron chi connectivity index (χ0n) is 13.0. The van der Waals surface area contributed by atoms with Crippen molar-refractivity contribution in [2.24, 2.45) is 0 Å². The van der Waals surface area contributed by atoms with E-state index in [1.165, 1.54) is 5.56 Å². The lowest BCUT2D eigenvalue weighted by atomic mass is 10.1. The second kappa shape index (κ2) is 8.17. The molecule has 0 spiro atoms. The van der Waals surface area contributed by atoms with Crippen LogP contribution in [0.5, 0.6) is 0 Å². The summed E-state index contributed by atoms with van der Waals surface area (Å²) >= 11 is 5.06. The Morgan fingerprint density at radius 2 is 1.78 bits per heavy atom. The molecule has 0 saturated carbocycles. The molecule has 4 nitrogen and oxygen atoms in total. The van der Waals surface area contributed by atoms with Crippen LogP contribution in [0, 0.1) is 0 Å². The van der Waals surface area contributed by atoms with E-state index in [1.54, 1.807) is 34.9 Å². The molecule has 1 amide bonds. The maximum Gasteiger partial charge on any atom is 0.253 e. The molecule has 0 N–H and O–H groups in total. The first kappa shape index (κ1) is 16.8. The number of benzene rings is 1. The standard InChI is InChI=1S/C16H19N3OS3/c1-2-21-15-17-18-16(23-15)22-11-12-5-7-13(8-6-12)14(20)19-9-3-4-10-19/h5-8H,2-4,9-11H2,1H3. The lowest BCUT2D eigenvalue weighted by Gasteiger charge is -2.15. The largest absolute Gasteiger partial charge is 0.339 e. The second-order valence-corrected chi connectivity index (χ2v) is 8.96. The van der Waals surface area contributed by atoms with Gasteiger partial charge in [-0.05, 0) is 36.3 Å². The third-order valence-corrected chi connectivity index (χ3v) is 6.76. The van der Waals surface area contributed by atoms with Crippen LogP contribution in [-0.4, -0.2) is 39.8 Å². The van der Waals surface area contributed by atoms with Crippen LogP contribution >= 0.6 is 34.9 Å². The summed E-state index contributed by atoms with van der Waals surface area (Å²) in [6.07, 6.45) is 2.25. The van der Waals surface area contributed by atoms with Gasteiger partial charge < -0.3 is 4.90 Å². The number of aromatic nitrogens is 2. The minimum Gasteiger partial charge on any atom is -0.339 e. The number of likely N-dealkylation sites (tertiary alicyclic amines) is 1. The predicted octanol–water partition coefficient (Wildman–Crippen LogP) is 4.18. The zero-order valence-corrected chi connectivity index (χ0v) is 15.5. The van der Waals surface area contributed by atoms with Gasteiger partial charge in [0.2, 0.25) is 0 Å². The number of carbonyl (C=O) groups excluding carboxylic acids is 1. The van der Waals surface area contributed by atoms with E-state index in [0.717, 1.165) is 51.7 Å². The van der Waals surface area contributed by atoms with Crippen LogP contribution in [0.1, 0.15) is 35.7 Å². The molecule has 2 aromatic rings. The Bertz CT molecular complexity index is 651. The van der Waals surface area contributed by atoms with Gasteiger partial charge in [0.25, 0.3) is 5.91 Å². The minimum atomic E-state index is 0.159. The summed E-state index contributed by atoms with van der Waals surface area (Å²) < 4.78 is 2.03. The Labute approximate surface area is 149 Å². The molecular weight excluding hydrogens is 346 g/mol. The van der Waals surface area contributed by atoms with Gasteiger partial charge in [0.15, 0.2) is 8.68 Å². The van der Waals surface area contributed by atoms with Crippen LogP contribution in [0.4, 0.5) is 0 Å². The van der Waals surface area contributed by atoms with Crippen molar-refractivity contribution in [2.45, 2.75) is 34.2 Å². The lowest BCUT2D eigenvalue weighted by Crippen LogP contribution is -2.27. The predicted molar refractivity (Wildman–Crippen MR) is 97.4 cm³/mol. The highest BCUT2D eigenvalue weighted by Gasteiger charge is 2.19. The maximum absolute atomic E-state index is 12.3. The Morgan fingerprint density at radius 3 is 2.43 bits per heavy atom. The number of amides is 1. The van der Waals surface area contributed by atoms with Crippen molar-refractivity contribution in [1.29, 1.82) is 0 Å². The van der Waals surface area contributed by atoms with Crippen LogP contribution in [0.3, 0.4) is 0 Å². The summed E-state index contributed by atoms with van der Waals surface area (Å²) in [6, 6.07) is 7.96. The minimum absolute atomic E-state index is 0.159. The Kier molecular flexibility index (Phi) is 5.96. The molecule has 0 bridgehead atoms. The van der Waals surface area contributed by atoms with Crippen LogP contribution in [0.15, 0.2) is 32.9 Å². The van der Waals surface area contributed by atoms with Crippen molar-refractivity contribution >= 4 is 40.8 Å². The summed E-state index contributed by atoms with van der Waals surface area (Å²) in [5.41, 5.74) is 1.99. The third-order valence-electron chi connectivity index (χ3n) is 3.61. The van der Waals surface area contributed by atoms with Gasteiger partial charge in [0.1, 0.15) is 0 Å². The van der Waals surface area contributed by atoms with Gasteiger partial charge in [0.05, 0.1) is 0 Å². The van der Waals surface area contributed by atoms with Gasteiger partial charge in [0, 0.05) is 24.4 Å². The molecule has 1 aliphatic heterocycles. The number of hydrogen-bond acceptors (Lipinski definition) is 6. The van der Waals surface area contributed by atoms with E-state index in [9.17, 15) is 4.79 Å². The molecular formula is C16H19N3OS3. The average molecular weight is 366 g/mol. The van der Waals surface area contributed by atoms with Gasteiger partial charge in [-0.15, -0.1) is 10.2 Å². The normalized spacial score (nSPS) is 14.4.